The van der Waals surface area contributed by atoms with Gasteiger partial charge in [-0.3, -0.25) is 4.79 Å². The number of ether oxygens (including phenoxy) is 1. The molecular weight excluding hydrogens is 226 g/mol. The Morgan fingerprint density at radius 2 is 1.89 bits per heavy atom. The standard InChI is InChI=1S/C15H23NO2/c1-5-18-15(17)9-10-16(4)11-14-12(2)7-6-8-13(14)3/h6-8H,5,9-11H2,1-4H3. The van der Waals surface area contributed by atoms with Gasteiger partial charge in [0, 0.05) is 13.1 Å². The van der Waals surface area contributed by atoms with E-state index < -0.39 is 0 Å². The minimum Gasteiger partial charge on any atom is -0.466 e. The van der Waals surface area contributed by atoms with E-state index in [2.05, 4.69) is 36.9 Å². The number of rotatable bonds is 6. The number of carbonyl (C=O) groups excluding carboxylic acids is 1. The van der Waals surface area contributed by atoms with E-state index in [4.69, 9.17) is 4.74 Å². The Morgan fingerprint density at radius 1 is 1.28 bits per heavy atom. The summed E-state index contributed by atoms with van der Waals surface area (Å²) in [5, 5.41) is 0. The predicted octanol–water partition coefficient (Wildman–Crippen LogP) is 2.69. The molecule has 0 spiro atoms. The van der Waals surface area contributed by atoms with Crippen LogP contribution in [0.1, 0.15) is 30.0 Å². The van der Waals surface area contributed by atoms with Gasteiger partial charge in [0.05, 0.1) is 13.0 Å². The van der Waals surface area contributed by atoms with Crippen LogP contribution in [0.25, 0.3) is 0 Å². The van der Waals surface area contributed by atoms with Gasteiger partial charge >= 0.3 is 5.97 Å². The summed E-state index contributed by atoms with van der Waals surface area (Å²) in [5.74, 6) is -0.120. The number of benzene rings is 1. The Labute approximate surface area is 110 Å². The van der Waals surface area contributed by atoms with Crippen molar-refractivity contribution in [1.29, 1.82) is 0 Å². The summed E-state index contributed by atoms with van der Waals surface area (Å²) in [6.07, 6.45) is 0.454. The van der Waals surface area contributed by atoms with Gasteiger partial charge in [0.15, 0.2) is 0 Å². The second-order valence-electron chi connectivity index (χ2n) is 4.66. The first-order chi connectivity index (χ1) is 8.54. The van der Waals surface area contributed by atoms with Crippen molar-refractivity contribution in [3.63, 3.8) is 0 Å². The molecular formula is C15H23NO2. The third-order valence-electron chi connectivity index (χ3n) is 3.08. The van der Waals surface area contributed by atoms with Crippen LogP contribution in [0.4, 0.5) is 0 Å². The van der Waals surface area contributed by atoms with Crippen LogP contribution < -0.4 is 0 Å². The summed E-state index contributed by atoms with van der Waals surface area (Å²) in [6.45, 7) is 8.14. The fraction of sp³-hybridized carbons (Fsp3) is 0.533. The van der Waals surface area contributed by atoms with Gasteiger partial charge in [-0.2, -0.15) is 0 Å². The molecule has 3 heteroatoms. The van der Waals surface area contributed by atoms with E-state index in [0.717, 1.165) is 13.1 Å². The van der Waals surface area contributed by atoms with Gasteiger partial charge in [0.1, 0.15) is 0 Å². The highest BCUT2D eigenvalue weighted by molar-refractivity contribution is 5.69. The second kappa shape index (κ2) is 7.17. The first-order valence-corrected chi connectivity index (χ1v) is 6.43. The van der Waals surface area contributed by atoms with Crippen LogP contribution in [-0.4, -0.2) is 31.1 Å². The zero-order chi connectivity index (χ0) is 13.5. The molecule has 0 heterocycles. The average molecular weight is 249 g/mol. The van der Waals surface area contributed by atoms with Gasteiger partial charge in [-0.1, -0.05) is 18.2 Å². The Balaban J connectivity index is 2.49. The molecule has 0 aliphatic carbocycles. The van der Waals surface area contributed by atoms with Crippen LogP contribution in [0, 0.1) is 13.8 Å². The zero-order valence-electron chi connectivity index (χ0n) is 11.8. The highest BCUT2D eigenvalue weighted by atomic mass is 16.5. The van der Waals surface area contributed by atoms with E-state index in [0.29, 0.717) is 13.0 Å². The first-order valence-electron chi connectivity index (χ1n) is 6.43. The highest BCUT2D eigenvalue weighted by Gasteiger charge is 2.08. The summed E-state index contributed by atoms with van der Waals surface area (Å²) < 4.78 is 4.92. The third-order valence-corrected chi connectivity index (χ3v) is 3.08. The molecule has 0 radical (unpaired) electrons. The molecule has 0 atom stereocenters. The summed E-state index contributed by atoms with van der Waals surface area (Å²) >= 11 is 0. The highest BCUT2D eigenvalue weighted by Crippen LogP contribution is 2.15. The molecule has 0 saturated heterocycles. The lowest BCUT2D eigenvalue weighted by atomic mass is 10.0. The summed E-state index contributed by atoms with van der Waals surface area (Å²) in [6, 6.07) is 6.33. The van der Waals surface area contributed by atoms with Crippen molar-refractivity contribution in [3.8, 4) is 0 Å². The number of hydrogen-bond donors (Lipinski definition) is 0. The molecule has 0 aliphatic heterocycles. The molecule has 0 bridgehead atoms. The normalized spacial score (nSPS) is 10.7. The minimum absolute atomic E-state index is 0.120. The van der Waals surface area contributed by atoms with Crippen LogP contribution in [0.3, 0.4) is 0 Å². The Morgan fingerprint density at radius 3 is 2.44 bits per heavy atom. The van der Waals surface area contributed by atoms with Crippen molar-refractivity contribution < 1.29 is 9.53 Å². The molecule has 0 aromatic heterocycles. The molecule has 0 saturated carbocycles. The molecule has 1 aromatic carbocycles. The Hall–Kier alpha value is -1.35. The van der Waals surface area contributed by atoms with Crippen LogP contribution in [0.15, 0.2) is 18.2 Å². The predicted molar refractivity (Wildman–Crippen MR) is 73.5 cm³/mol. The largest absolute Gasteiger partial charge is 0.466 e. The number of hydrogen-bond acceptors (Lipinski definition) is 3. The van der Waals surface area contributed by atoms with E-state index in [1.54, 1.807) is 0 Å². The van der Waals surface area contributed by atoms with Gasteiger partial charge < -0.3 is 9.64 Å². The van der Waals surface area contributed by atoms with E-state index in [-0.39, 0.29) is 5.97 Å². The zero-order valence-corrected chi connectivity index (χ0v) is 11.8. The van der Waals surface area contributed by atoms with Crippen LogP contribution >= 0.6 is 0 Å². The van der Waals surface area contributed by atoms with E-state index in [1.807, 2.05) is 14.0 Å². The topological polar surface area (TPSA) is 29.5 Å². The SMILES string of the molecule is CCOC(=O)CCN(C)Cc1c(C)cccc1C. The third kappa shape index (κ3) is 4.49. The Bertz CT molecular complexity index is 381. The maximum absolute atomic E-state index is 11.3. The molecule has 18 heavy (non-hydrogen) atoms. The summed E-state index contributed by atoms with van der Waals surface area (Å²) in [4.78, 5) is 13.4. The molecule has 0 unspecified atom stereocenters. The van der Waals surface area contributed by atoms with Gasteiger partial charge in [-0.05, 0) is 44.5 Å². The van der Waals surface area contributed by atoms with Gasteiger partial charge in [0.2, 0.25) is 0 Å². The van der Waals surface area contributed by atoms with Gasteiger partial charge in [-0.15, -0.1) is 0 Å². The average Bonchev–Trinajstić information content (AvgIpc) is 2.32. The smallest absolute Gasteiger partial charge is 0.307 e. The molecule has 3 nitrogen and oxygen atoms in total. The molecule has 1 aromatic rings. The minimum atomic E-state index is -0.120. The lowest BCUT2D eigenvalue weighted by Gasteiger charge is -2.19. The Kier molecular flexibility index (Phi) is 5.86. The van der Waals surface area contributed by atoms with Crippen LogP contribution in [0.2, 0.25) is 0 Å². The van der Waals surface area contributed by atoms with Crippen LogP contribution in [0.5, 0.6) is 0 Å². The molecule has 0 aliphatic rings. The summed E-state index contributed by atoms with van der Waals surface area (Å²) in [5.41, 5.74) is 3.96. The lowest BCUT2D eigenvalue weighted by molar-refractivity contribution is -0.143. The van der Waals surface area contributed by atoms with Gasteiger partial charge in [0.25, 0.3) is 0 Å². The van der Waals surface area contributed by atoms with Crippen molar-refractivity contribution in [1.82, 2.24) is 4.90 Å². The number of aryl methyl sites for hydroxylation is 2. The number of nitrogens with zero attached hydrogens (tertiary/aromatic N) is 1. The van der Waals surface area contributed by atoms with Crippen molar-refractivity contribution >= 4 is 5.97 Å². The van der Waals surface area contributed by atoms with E-state index in [9.17, 15) is 4.79 Å². The fourth-order valence-electron chi connectivity index (χ4n) is 1.96. The molecule has 1 rings (SSSR count). The summed E-state index contributed by atoms with van der Waals surface area (Å²) in [7, 11) is 2.03. The molecule has 0 fully saturated rings. The first kappa shape index (κ1) is 14.7. The van der Waals surface area contributed by atoms with Gasteiger partial charge in [-0.25, -0.2) is 0 Å². The maximum Gasteiger partial charge on any atom is 0.307 e. The van der Waals surface area contributed by atoms with Crippen molar-refractivity contribution in [2.75, 3.05) is 20.2 Å². The van der Waals surface area contributed by atoms with Crippen molar-refractivity contribution in [2.45, 2.75) is 33.7 Å². The maximum atomic E-state index is 11.3. The van der Waals surface area contributed by atoms with Crippen molar-refractivity contribution in [2.24, 2.45) is 0 Å². The quantitative estimate of drug-likeness (QED) is 0.726. The van der Waals surface area contributed by atoms with E-state index >= 15 is 0 Å². The number of carbonyl (C=O) groups is 1. The molecule has 100 valence electrons. The second-order valence-corrected chi connectivity index (χ2v) is 4.66. The molecule has 0 amide bonds. The monoisotopic (exact) mass is 249 g/mol. The van der Waals surface area contributed by atoms with Crippen molar-refractivity contribution in [3.05, 3.63) is 34.9 Å². The van der Waals surface area contributed by atoms with E-state index in [1.165, 1.54) is 16.7 Å². The lowest BCUT2D eigenvalue weighted by Crippen LogP contribution is -2.23. The molecule has 0 N–H and O–H groups in total. The fourth-order valence-corrected chi connectivity index (χ4v) is 1.96. The number of esters is 1. The van der Waals surface area contributed by atoms with Crippen LogP contribution in [-0.2, 0) is 16.1 Å².